The van der Waals surface area contributed by atoms with Gasteiger partial charge in [0.2, 0.25) is 21.8 Å². The summed E-state index contributed by atoms with van der Waals surface area (Å²) in [6, 6.07) is 12.9. The average Bonchev–Trinajstić information content (AvgIpc) is 3.26. The molecule has 7 nitrogen and oxygen atoms in total. The van der Waals surface area contributed by atoms with Crippen molar-refractivity contribution < 1.29 is 17.6 Å². The molecule has 0 unspecified atom stereocenters. The summed E-state index contributed by atoms with van der Waals surface area (Å²) in [6.45, 7) is 7.11. The van der Waals surface area contributed by atoms with Crippen molar-refractivity contribution in [2.45, 2.75) is 44.4 Å². The Morgan fingerprint density at radius 2 is 1.90 bits per heavy atom. The number of benzene rings is 2. The summed E-state index contributed by atoms with van der Waals surface area (Å²) in [5.74, 6) is 1.52. The normalized spacial score (nSPS) is 17.6. The Labute approximate surface area is 183 Å². The van der Waals surface area contributed by atoms with Crippen molar-refractivity contribution in [3.63, 3.8) is 0 Å². The minimum atomic E-state index is -3.62. The molecule has 0 aliphatic carbocycles. The number of nitrogens with zero attached hydrogens (tertiary/aromatic N) is 3. The molecular formula is C23H27N3O4S. The van der Waals surface area contributed by atoms with Gasteiger partial charge in [-0.25, -0.2) is 8.42 Å². The summed E-state index contributed by atoms with van der Waals surface area (Å²) in [5.41, 5.74) is 2.81. The number of hydrogen-bond donors (Lipinski definition) is 0. The van der Waals surface area contributed by atoms with Crippen LogP contribution in [0, 0.1) is 13.8 Å². The Kier molecular flexibility index (Phi) is 6.11. The number of aryl methyl sites for hydroxylation is 2. The Morgan fingerprint density at radius 1 is 1.13 bits per heavy atom. The molecule has 0 N–H and O–H groups in total. The number of aromatic nitrogens is 2. The maximum Gasteiger partial charge on any atom is 0.247 e. The van der Waals surface area contributed by atoms with E-state index < -0.39 is 10.0 Å². The van der Waals surface area contributed by atoms with E-state index >= 15 is 0 Å². The highest BCUT2D eigenvalue weighted by molar-refractivity contribution is 7.89. The predicted octanol–water partition coefficient (Wildman–Crippen LogP) is 4.32. The van der Waals surface area contributed by atoms with E-state index in [1.54, 1.807) is 18.2 Å². The molecule has 31 heavy (non-hydrogen) atoms. The van der Waals surface area contributed by atoms with Crippen molar-refractivity contribution in [2.75, 3.05) is 19.7 Å². The molecule has 0 amide bonds. The molecule has 1 saturated heterocycles. The summed E-state index contributed by atoms with van der Waals surface area (Å²) in [4.78, 5) is 0.278. The van der Waals surface area contributed by atoms with Crippen molar-refractivity contribution in [3.8, 4) is 17.2 Å². The molecule has 0 saturated carbocycles. The van der Waals surface area contributed by atoms with E-state index in [-0.39, 0.29) is 10.8 Å². The van der Waals surface area contributed by atoms with Crippen molar-refractivity contribution in [1.82, 2.24) is 14.5 Å². The van der Waals surface area contributed by atoms with Crippen LogP contribution >= 0.6 is 0 Å². The Hall–Kier alpha value is -2.71. The standard InChI is InChI=1S/C23H27N3O4S/c1-4-29-21-12-11-20(14-17(21)3)31(27,28)26-13-5-6-19(15-26)23-25-24-22(30-23)18-9-7-16(2)8-10-18/h7-12,14,19H,4-6,13,15H2,1-3H3/t19-/m1/s1. The molecule has 1 fully saturated rings. The van der Waals surface area contributed by atoms with Gasteiger partial charge in [0.1, 0.15) is 5.75 Å². The van der Waals surface area contributed by atoms with Gasteiger partial charge >= 0.3 is 0 Å². The smallest absolute Gasteiger partial charge is 0.247 e. The van der Waals surface area contributed by atoms with Crippen LogP contribution in [0.3, 0.4) is 0 Å². The largest absolute Gasteiger partial charge is 0.494 e. The highest BCUT2D eigenvalue weighted by Crippen LogP contribution is 2.32. The molecule has 2 heterocycles. The zero-order valence-electron chi connectivity index (χ0n) is 18.0. The van der Waals surface area contributed by atoms with Crippen LogP contribution in [-0.2, 0) is 10.0 Å². The van der Waals surface area contributed by atoms with E-state index in [2.05, 4.69) is 10.2 Å². The van der Waals surface area contributed by atoms with Gasteiger partial charge in [0.25, 0.3) is 0 Å². The zero-order chi connectivity index (χ0) is 22.0. The third-order valence-corrected chi connectivity index (χ3v) is 7.42. The van der Waals surface area contributed by atoms with Crippen LogP contribution in [0.5, 0.6) is 5.75 Å². The molecule has 1 aromatic heterocycles. The van der Waals surface area contributed by atoms with E-state index in [4.69, 9.17) is 9.15 Å². The number of rotatable bonds is 6. The molecule has 164 valence electrons. The Bertz CT molecular complexity index is 1160. The van der Waals surface area contributed by atoms with Gasteiger partial charge in [-0.2, -0.15) is 4.31 Å². The third kappa shape index (κ3) is 4.50. The van der Waals surface area contributed by atoms with Crippen LogP contribution in [0.2, 0.25) is 0 Å². The molecule has 1 aliphatic heterocycles. The fourth-order valence-corrected chi connectivity index (χ4v) is 5.43. The van der Waals surface area contributed by atoms with Crippen LogP contribution in [0.25, 0.3) is 11.5 Å². The fraction of sp³-hybridized carbons (Fsp3) is 0.391. The molecule has 1 atom stereocenters. The van der Waals surface area contributed by atoms with Gasteiger partial charge in [-0.15, -0.1) is 10.2 Å². The molecule has 0 spiro atoms. The second kappa shape index (κ2) is 8.80. The summed E-state index contributed by atoms with van der Waals surface area (Å²) in [5, 5.41) is 8.40. The maximum atomic E-state index is 13.3. The first kappa shape index (κ1) is 21.5. The van der Waals surface area contributed by atoms with Gasteiger partial charge in [-0.05, 0) is 69.5 Å². The quantitative estimate of drug-likeness (QED) is 0.566. The fourth-order valence-electron chi connectivity index (χ4n) is 3.82. The summed E-state index contributed by atoms with van der Waals surface area (Å²) in [6.07, 6.45) is 1.55. The summed E-state index contributed by atoms with van der Waals surface area (Å²) < 4.78 is 39.5. The van der Waals surface area contributed by atoms with Gasteiger partial charge < -0.3 is 9.15 Å². The second-order valence-electron chi connectivity index (χ2n) is 7.87. The van der Waals surface area contributed by atoms with Gasteiger partial charge in [0, 0.05) is 18.7 Å². The SMILES string of the molecule is CCOc1ccc(S(=O)(=O)N2CCC[C@@H](c3nnc(-c4ccc(C)cc4)o3)C2)cc1C. The van der Waals surface area contributed by atoms with Crippen LogP contribution in [0.1, 0.15) is 42.7 Å². The first-order chi connectivity index (χ1) is 14.9. The third-order valence-electron chi connectivity index (χ3n) is 5.56. The maximum absolute atomic E-state index is 13.3. The van der Waals surface area contributed by atoms with Gasteiger partial charge in [-0.1, -0.05) is 17.7 Å². The topological polar surface area (TPSA) is 85.5 Å². The Morgan fingerprint density at radius 3 is 2.61 bits per heavy atom. The molecule has 8 heteroatoms. The minimum Gasteiger partial charge on any atom is -0.494 e. The van der Waals surface area contributed by atoms with E-state index in [0.717, 1.165) is 29.5 Å². The molecule has 0 bridgehead atoms. The molecular weight excluding hydrogens is 414 g/mol. The summed E-state index contributed by atoms with van der Waals surface area (Å²) in [7, 11) is -3.62. The van der Waals surface area contributed by atoms with Gasteiger partial charge in [0.05, 0.1) is 17.4 Å². The lowest BCUT2D eigenvalue weighted by atomic mass is 10.00. The number of hydrogen-bond acceptors (Lipinski definition) is 6. The lowest BCUT2D eigenvalue weighted by Gasteiger charge is -2.30. The molecule has 2 aromatic carbocycles. The van der Waals surface area contributed by atoms with Crippen molar-refractivity contribution >= 4 is 10.0 Å². The number of sulfonamides is 1. The highest BCUT2D eigenvalue weighted by Gasteiger charge is 2.33. The van der Waals surface area contributed by atoms with Crippen LogP contribution in [-0.4, -0.2) is 42.6 Å². The number of piperidine rings is 1. The predicted molar refractivity (Wildman–Crippen MR) is 118 cm³/mol. The minimum absolute atomic E-state index is 0.126. The van der Waals surface area contributed by atoms with Crippen molar-refractivity contribution in [3.05, 3.63) is 59.5 Å². The van der Waals surface area contributed by atoms with Crippen LogP contribution in [0.15, 0.2) is 51.8 Å². The van der Waals surface area contributed by atoms with Crippen LogP contribution < -0.4 is 4.74 Å². The van der Waals surface area contributed by atoms with Crippen molar-refractivity contribution in [2.24, 2.45) is 0 Å². The summed E-state index contributed by atoms with van der Waals surface area (Å²) >= 11 is 0. The molecule has 3 aromatic rings. The van der Waals surface area contributed by atoms with E-state index in [0.29, 0.717) is 37.2 Å². The first-order valence-electron chi connectivity index (χ1n) is 10.5. The second-order valence-corrected chi connectivity index (χ2v) is 9.81. The highest BCUT2D eigenvalue weighted by atomic mass is 32.2. The van der Waals surface area contributed by atoms with E-state index in [1.165, 1.54) is 4.31 Å². The molecule has 1 aliphatic rings. The van der Waals surface area contributed by atoms with Gasteiger partial charge in [-0.3, -0.25) is 0 Å². The molecule has 4 rings (SSSR count). The van der Waals surface area contributed by atoms with Crippen LogP contribution in [0.4, 0.5) is 0 Å². The number of ether oxygens (including phenoxy) is 1. The zero-order valence-corrected chi connectivity index (χ0v) is 18.9. The molecule has 0 radical (unpaired) electrons. The first-order valence-corrected chi connectivity index (χ1v) is 12.0. The van der Waals surface area contributed by atoms with E-state index in [1.807, 2.05) is 45.0 Å². The van der Waals surface area contributed by atoms with Crippen molar-refractivity contribution in [1.29, 1.82) is 0 Å². The lowest BCUT2D eigenvalue weighted by Crippen LogP contribution is -2.39. The van der Waals surface area contributed by atoms with E-state index in [9.17, 15) is 8.42 Å². The lowest BCUT2D eigenvalue weighted by molar-refractivity contribution is 0.286. The average molecular weight is 442 g/mol. The van der Waals surface area contributed by atoms with Gasteiger partial charge in [0.15, 0.2) is 0 Å². The monoisotopic (exact) mass is 441 g/mol. The Balaban J connectivity index is 1.53.